The first-order valence-electron chi connectivity index (χ1n) is 13.6. The second-order valence-electron chi connectivity index (χ2n) is 11.1. The molecule has 5 rings (SSSR count). The SMILES string of the molecule is COC(=O)c1cc(/C=C/c2cc(O[Si](c3ccccc3)(c3ccccc3)C(C)(C)C)c3ccc(F)c(F)c3c2)n(C)n1. The van der Waals surface area contributed by atoms with Crippen LogP contribution in [-0.4, -0.2) is 31.2 Å². The van der Waals surface area contributed by atoms with E-state index < -0.39 is 25.9 Å². The summed E-state index contributed by atoms with van der Waals surface area (Å²) < 4.78 is 43.4. The van der Waals surface area contributed by atoms with Crippen LogP contribution in [0, 0.1) is 11.6 Å². The number of benzene rings is 4. The van der Waals surface area contributed by atoms with Gasteiger partial charge in [0, 0.05) is 17.8 Å². The second-order valence-corrected chi connectivity index (χ2v) is 15.4. The van der Waals surface area contributed by atoms with Gasteiger partial charge in [-0.3, -0.25) is 4.68 Å². The number of hydrogen-bond donors (Lipinski definition) is 0. The van der Waals surface area contributed by atoms with E-state index in [0.29, 0.717) is 22.4 Å². The topological polar surface area (TPSA) is 53.4 Å². The first kappa shape index (κ1) is 28.9. The number of ether oxygens (including phenoxy) is 1. The van der Waals surface area contributed by atoms with Gasteiger partial charge in [-0.1, -0.05) is 87.5 Å². The second kappa shape index (κ2) is 11.4. The maximum absolute atomic E-state index is 15.3. The minimum Gasteiger partial charge on any atom is -0.534 e. The van der Waals surface area contributed by atoms with Crippen LogP contribution >= 0.6 is 0 Å². The summed E-state index contributed by atoms with van der Waals surface area (Å²) in [6, 6.07) is 28.0. The summed E-state index contributed by atoms with van der Waals surface area (Å²) in [4.78, 5) is 11.9. The van der Waals surface area contributed by atoms with Gasteiger partial charge in [-0.15, -0.1) is 0 Å². The van der Waals surface area contributed by atoms with Crippen molar-refractivity contribution >= 4 is 47.6 Å². The first-order chi connectivity index (χ1) is 20.0. The Morgan fingerprint density at radius 2 is 1.48 bits per heavy atom. The lowest BCUT2D eigenvalue weighted by atomic mass is 10.0. The maximum atomic E-state index is 15.3. The zero-order valence-corrected chi connectivity index (χ0v) is 25.2. The first-order valence-corrected chi connectivity index (χ1v) is 15.5. The smallest absolute Gasteiger partial charge is 0.358 e. The summed E-state index contributed by atoms with van der Waals surface area (Å²) >= 11 is 0. The van der Waals surface area contributed by atoms with Crippen LogP contribution < -0.4 is 14.8 Å². The van der Waals surface area contributed by atoms with Gasteiger partial charge in [-0.05, 0) is 57.4 Å². The third kappa shape index (κ3) is 5.25. The fourth-order valence-electron chi connectivity index (χ4n) is 5.38. The number of esters is 1. The number of hydrogen-bond acceptors (Lipinski definition) is 4. The molecule has 0 N–H and O–H groups in total. The molecule has 0 spiro atoms. The largest absolute Gasteiger partial charge is 0.534 e. The van der Waals surface area contributed by atoms with Gasteiger partial charge >= 0.3 is 14.3 Å². The van der Waals surface area contributed by atoms with E-state index >= 15 is 4.39 Å². The van der Waals surface area contributed by atoms with Gasteiger partial charge in [-0.25, -0.2) is 13.6 Å². The van der Waals surface area contributed by atoms with Gasteiger partial charge in [-0.2, -0.15) is 5.10 Å². The molecule has 0 fully saturated rings. The number of nitrogens with zero attached hydrogens (tertiary/aromatic N) is 2. The summed E-state index contributed by atoms with van der Waals surface area (Å²) in [5.41, 5.74) is 1.40. The fraction of sp³-hybridized carbons (Fsp3) is 0.176. The summed E-state index contributed by atoms with van der Waals surface area (Å²) in [5, 5.41) is 6.57. The number of aromatic nitrogens is 2. The molecule has 42 heavy (non-hydrogen) atoms. The van der Waals surface area contributed by atoms with Crippen molar-refractivity contribution in [3.8, 4) is 5.75 Å². The average Bonchev–Trinajstić information content (AvgIpc) is 3.36. The number of aryl methyl sites for hydroxylation is 1. The van der Waals surface area contributed by atoms with Crippen LogP contribution in [0.3, 0.4) is 0 Å². The zero-order valence-electron chi connectivity index (χ0n) is 24.2. The highest BCUT2D eigenvalue weighted by Crippen LogP contribution is 2.40. The van der Waals surface area contributed by atoms with E-state index in [0.717, 1.165) is 16.4 Å². The quantitative estimate of drug-likeness (QED) is 0.157. The lowest BCUT2D eigenvalue weighted by Crippen LogP contribution is -2.68. The molecular weight excluding hydrogens is 550 g/mol. The van der Waals surface area contributed by atoms with E-state index in [1.54, 1.807) is 42.1 Å². The molecule has 0 atom stereocenters. The molecule has 0 radical (unpaired) electrons. The van der Waals surface area contributed by atoms with Crippen molar-refractivity contribution in [2.24, 2.45) is 7.05 Å². The summed E-state index contributed by atoms with van der Waals surface area (Å²) in [6.07, 6.45) is 3.52. The lowest BCUT2D eigenvalue weighted by molar-refractivity contribution is 0.0593. The maximum Gasteiger partial charge on any atom is 0.358 e. The van der Waals surface area contributed by atoms with Gasteiger partial charge in [0.1, 0.15) is 5.75 Å². The van der Waals surface area contributed by atoms with Crippen molar-refractivity contribution in [3.05, 3.63) is 120 Å². The van der Waals surface area contributed by atoms with Gasteiger partial charge in [0.05, 0.1) is 12.8 Å². The minimum atomic E-state index is -3.08. The molecule has 0 unspecified atom stereocenters. The molecule has 214 valence electrons. The normalized spacial score (nSPS) is 12.2. The molecule has 0 aliphatic rings. The molecule has 8 heteroatoms. The van der Waals surface area contributed by atoms with Crippen molar-refractivity contribution in [1.82, 2.24) is 9.78 Å². The van der Waals surface area contributed by atoms with E-state index in [1.807, 2.05) is 42.5 Å². The summed E-state index contributed by atoms with van der Waals surface area (Å²) in [6.45, 7) is 6.48. The van der Waals surface area contributed by atoms with Crippen molar-refractivity contribution < 1.29 is 22.7 Å². The van der Waals surface area contributed by atoms with Crippen molar-refractivity contribution in [3.63, 3.8) is 0 Å². The highest BCUT2D eigenvalue weighted by Gasteiger charge is 2.52. The van der Waals surface area contributed by atoms with Crippen LogP contribution in [0.4, 0.5) is 8.78 Å². The third-order valence-electron chi connectivity index (χ3n) is 7.44. The van der Waals surface area contributed by atoms with Crippen LogP contribution in [0.5, 0.6) is 5.75 Å². The molecule has 4 aromatic carbocycles. The van der Waals surface area contributed by atoms with Crippen LogP contribution in [0.25, 0.3) is 22.9 Å². The predicted molar refractivity (Wildman–Crippen MR) is 166 cm³/mol. The van der Waals surface area contributed by atoms with E-state index in [-0.39, 0.29) is 16.1 Å². The predicted octanol–water partition coefficient (Wildman–Crippen LogP) is 6.75. The average molecular weight is 583 g/mol. The van der Waals surface area contributed by atoms with Crippen LogP contribution in [-0.2, 0) is 11.8 Å². The molecule has 0 saturated heterocycles. The van der Waals surface area contributed by atoms with Gasteiger partial charge < -0.3 is 9.16 Å². The Balaban J connectivity index is 1.72. The number of methoxy groups -OCH3 is 1. The van der Waals surface area contributed by atoms with Gasteiger partial charge in [0.25, 0.3) is 0 Å². The molecule has 5 nitrogen and oxygen atoms in total. The number of fused-ring (bicyclic) bond motifs is 1. The molecule has 0 aliphatic heterocycles. The molecule has 1 heterocycles. The van der Waals surface area contributed by atoms with Gasteiger partial charge in [0.15, 0.2) is 17.3 Å². The lowest BCUT2D eigenvalue weighted by Gasteiger charge is -2.43. The third-order valence-corrected chi connectivity index (χ3v) is 12.4. The van der Waals surface area contributed by atoms with E-state index in [9.17, 15) is 9.18 Å². The molecule has 5 aromatic rings. The molecule has 1 aromatic heterocycles. The zero-order chi connectivity index (χ0) is 30.1. The van der Waals surface area contributed by atoms with E-state index in [1.165, 1.54) is 7.11 Å². The molecule has 0 aliphatic carbocycles. The molecule has 0 bridgehead atoms. The Morgan fingerprint density at radius 3 is 2.05 bits per heavy atom. The van der Waals surface area contributed by atoms with Crippen LogP contribution in [0.1, 0.15) is 42.5 Å². The number of carbonyl (C=O) groups is 1. The van der Waals surface area contributed by atoms with E-state index in [4.69, 9.17) is 9.16 Å². The Kier molecular flexibility index (Phi) is 7.84. The van der Waals surface area contributed by atoms with Crippen molar-refractivity contribution in [2.45, 2.75) is 25.8 Å². The summed E-state index contributed by atoms with van der Waals surface area (Å²) in [7, 11) is -0.0747. The Labute approximate surface area is 245 Å². The minimum absolute atomic E-state index is 0.116. The van der Waals surface area contributed by atoms with Crippen LogP contribution in [0.2, 0.25) is 5.04 Å². The number of halogens is 2. The number of carbonyl (C=O) groups excluding carboxylic acids is 1. The summed E-state index contributed by atoms with van der Waals surface area (Å²) in [5.74, 6) is -1.96. The van der Waals surface area contributed by atoms with E-state index in [2.05, 4.69) is 50.1 Å². The molecular formula is C34H32F2N2O3Si. The Hall–Kier alpha value is -4.56. The van der Waals surface area contributed by atoms with Crippen molar-refractivity contribution in [1.29, 1.82) is 0 Å². The Bertz CT molecular complexity index is 1740. The highest BCUT2D eigenvalue weighted by atomic mass is 28.4. The van der Waals surface area contributed by atoms with Gasteiger partial charge in [0.2, 0.25) is 0 Å². The fourth-order valence-corrected chi connectivity index (χ4v) is 9.81. The van der Waals surface area contributed by atoms with Crippen LogP contribution in [0.15, 0.2) is 91.0 Å². The highest BCUT2D eigenvalue weighted by molar-refractivity contribution is 7.00. The van der Waals surface area contributed by atoms with Crippen molar-refractivity contribution in [2.75, 3.05) is 7.11 Å². The molecule has 0 saturated carbocycles. The standard InChI is InChI=1S/C34H32F2N2O3Si/c1-34(2,3)42(25-12-8-6-9-13-25,26-14-10-7-11-15-26)41-31-21-23(20-28-27(31)18-19-29(35)32(28)36)16-17-24-22-30(33(39)40-5)37-38(24)4/h6-22H,1-5H3/b17-16+. The number of rotatable bonds is 7. The molecule has 0 amide bonds. The monoisotopic (exact) mass is 582 g/mol. The Morgan fingerprint density at radius 1 is 0.857 bits per heavy atom.